The first-order valence-corrected chi connectivity index (χ1v) is 7.37. The van der Waals surface area contributed by atoms with Crippen LogP contribution in [0.2, 0.25) is 0 Å². The monoisotopic (exact) mass is 333 g/mol. The van der Waals surface area contributed by atoms with Crippen LogP contribution in [0, 0.1) is 5.82 Å². The molecule has 3 rings (SSSR count). The molecule has 0 aliphatic heterocycles. The molecule has 94 valence electrons. The Morgan fingerprint density at radius 2 is 1.79 bits per heavy atom. The van der Waals surface area contributed by atoms with Gasteiger partial charge in [0.15, 0.2) is 0 Å². The maximum absolute atomic E-state index is 13.4. The van der Waals surface area contributed by atoms with E-state index in [9.17, 15) is 4.39 Å². The van der Waals surface area contributed by atoms with Crippen LogP contribution in [0.1, 0.15) is 0 Å². The fourth-order valence-corrected chi connectivity index (χ4v) is 3.11. The number of thiazole rings is 1. The largest absolute Gasteiger partial charge is 0.236 e. The average molecular weight is 334 g/mol. The molecule has 0 aliphatic rings. The van der Waals surface area contributed by atoms with Crippen molar-refractivity contribution in [3.05, 3.63) is 64.2 Å². The highest BCUT2D eigenvalue weighted by molar-refractivity contribution is 9.10. The molecular weight excluding hydrogens is 325 g/mol. The minimum Gasteiger partial charge on any atom is -0.236 e. The highest BCUT2D eigenvalue weighted by atomic mass is 79.9. The molecule has 1 aromatic heterocycles. The summed E-state index contributed by atoms with van der Waals surface area (Å²) in [4.78, 5) is 4.56. The number of benzene rings is 2. The van der Waals surface area contributed by atoms with E-state index in [1.54, 1.807) is 0 Å². The second-order valence-electron chi connectivity index (χ2n) is 4.06. The van der Waals surface area contributed by atoms with Gasteiger partial charge in [0.2, 0.25) is 0 Å². The van der Waals surface area contributed by atoms with Crippen LogP contribution >= 0.6 is 27.3 Å². The number of halogens is 2. The van der Waals surface area contributed by atoms with Crippen molar-refractivity contribution in [3.63, 3.8) is 0 Å². The minimum absolute atomic E-state index is 0.263. The van der Waals surface area contributed by atoms with E-state index >= 15 is 0 Å². The molecule has 0 saturated carbocycles. The average Bonchev–Trinajstić information content (AvgIpc) is 2.88. The Bertz CT molecular complexity index is 689. The first-order valence-electron chi connectivity index (χ1n) is 5.70. The molecule has 0 saturated heterocycles. The third kappa shape index (κ3) is 2.74. The van der Waals surface area contributed by atoms with Gasteiger partial charge in [-0.15, -0.1) is 11.3 Å². The summed E-state index contributed by atoms with van der Waals surface area (Å²) >= 11 is 4.82. The lowest BCUT2D eigenvalue weighted by molar-refractivity contribution is 0.627. The highest BCUT2D eigenvalue weighted by Crippen LogP contribution is 2.30. The molecule has 0 amide bonds. The third-order valence-electron chi connectivity index (χ3n) is 2.68. The Balaban J connectivity index is 2.02. The second-order valence-corrected chi connectivity index (χ2v) is 5.84. The van der Waals surface area contributed by atoms with Gasteiger partial charge in [0.25, 0.3) is 0 Å². The number of nitrogens with zero attached hydrogens (tertiary/aromatic N) is 1. The van der Waals surface area contributed by atoms with Crippen molar-refractivity contribution < 1.29 is 4.39 Å². The van der Waals surface area contributed by atoms with Gasteiger partial charge in [0.1, 0.15) is 10.8 Å². The molecule has 0 N–H and O–H groups in total. The van der Waals surface area contributed by atoms with E-state index in [2.05, 4.69) is 20.9 Å². The van der Waals surface area contributed by atoms with Gasteiger partial charge < -0.3 is 0 Å². The van der Waals surface area contributed by atoms with Crippen molar-refractivity contribution in [3.8, 4) is 21.8 Å². The number of hydrogen-bond acceptors (Lipinski definition) is 2. The quantitative estimate of drug-likeness (QED) is 0.613. The lowest BCUT2D eigenvalue weighted by Gasteiger charge is -1.99. The predicted molar refractivity (Wildman–Crippen MR) is 80.6 cm³/mol. The fourth-order valence-electron chi connectivity index (χ4n) is 1.83. The van der Waals surface area contributed by atoms with Crippen molar-refractivity contribution in [2.45, 2.75) is 0 Å². The summed E-state index contributed by atoms with van der Waals surface area (Å²) in [6, 6.07) is 14.8. The van der Waals surface area contributed by atoms with Gasteiger partial charge in [-0.25, -0.2) is 9.37 Å². The van der Waals surface area contributed by atoms with Gasteiger partial charge in [-0.3, -0.25) is 0 Å². The number of hydrogen-bond donors (Lipinski definition) is 0. The summed E-state index contributed by atoms with van der Waals surface area (Å²) in [6.07, 6.45) is 0. The van der Waals surface area contributed by atoms with Crippen LogP contribution in [-0.4, -0.2) is 4.98 Å². The predicted octanol–water partition coefficient (Wildman–Crippen LogP) is 5.38. The molecule has 3 aromatic rings. The molecule has 0 fully saturated rings. The molecule has 2 aromatic carbocycles. The summed E-state index contributed by atoms with van der Waals surface area (Å²) in [6.45, 7) is 0. The zero-order chi connectivity index (χ0) is 13.2. The lowest BCUT2D eigenvalue weighted by atomic mass is 10.2. The zero-order valence-corrected chi connectivity index (χ0v) is 12.2. The maximum atomic E-state index is 13.4. The minimum atomic E-state index is -0.263. The van der Waals surface area contributed by atoms with E-state index in [1.807, 2.05) is 41.8 Å². The van der Waals surface area contributed by atoms with Crippen molar-refractivity contribution in [1.82, 2.24) is 4.98 Å². The van der Waals surface area contributed by atoms with Crippen LogP contribution in [0.3, 0.4) is 0 Å². The van der Waals surface area contributed by atoms with Crippen LogP contribution in [-0.2, 0) is 0 Å². The van der Waals surface area contributed by atoms with Crippen LogP contribution in [0.5, 0.6) is 0 Å². The summed E-state index contributed by atoms with van der Waals surface area (Å²) < 4.78 is 14.1. The zero-order valence-electron chi connectivity index (χ0n) is 9.81. The maximum Gasteiger partial charge on any atom is 0.125 e. The molecule has 0 radical (unpaired) electrons. The summed E-state index contributed by atoms with van der Waals surface area (Å²) in [7, 11) is 0. The molecule has 1 nitrogen and oxygen atoms in total. The Morgan fingerprint density at radius 1 is 1.00 bits per heavy atom. The standard InChI is InChI=1S/C15H9BrFNS/c16-12-6-11(7-13(17)8-12)15-18-14(9-19-15)10-4-2-1-3-5-10/h1-9H. The first kappa shape index (κ1) is 12.5. The summed E-state index contributed by atoms with van der Waals surface area (Å²) in [5.74, 6) is -0.263. The van der Waals surface area contributed by atoms with Gasteiger partial charge in [0.05, 0.1) is 5.69 Å². The normalized spacial score (nSPS) is 10.6. The SMILES string of the molecule is Fc1cc(Br)cc(-c2nc(-c3ccccc3)cs2)c1. The van der Waals surface area contributed by atoms with Gasteiger partial charge in [0, 0.05) is 21.0 Å². The van der Waals surface area contributed by atoms with Crippen LogP contribution in [0.25, 0.3) is 21.8 Å². The molecule has 0 spiro atoms. The second kappa shape index (κ2) is 5.23. The van der Waals surface area contributed by atoms with Crippen molar-refractivity contribution in [2.75, 3.05) is 0 Å². The first-order chi connectivity index (χ1) is 9.22. The topological polar surface area (TPSA) is 12.9 Å². The van der Waals surface area contributed by atoms with Gasteiger partial charge in [-0.05, 0) is 18.2 Å². The molecule has 0 unspecified atom stereocenters. The molecule has 19 heavy (non-hydrogen) atoms. The Kier molecular flexibility index (Phi) is 3.44. The molecule has 0 aliphatic carbocycles. The van der Waals surface area contributed by atoms with E-state index in [1.165, 1.54) is 23.5 Å². The number of rotatable bonds is 2. The van der Waals surface area contributed by atoms with Gasteiger partial charge in [-0.2, -0.15) is 0 Å². The molecule has 4 heteroatoms. The summed E-state index contributed by atoms with van der Waals surface area (Å²) in [5, 5.41) is 2.81. The van der Waals surface area contributed by atoms with E-state index in [0.717, 1.165) is 26.3 Å². The van der Waals surface area contributed by atoms with Crippen LogP contribution in [0.4, 0.5) is 4.39 Å². The van der Waals surface area contributed by atoms with Crippen molar-refractivity contribution in [1.29, 1.82) is 0 Å². The molecule has 0 atom stereocenters. The Morgan fingerprint density at radius 3 is 2.53 bits per heavy atom. The highest BCUT2D eigenvalue weighted by Gasteiger charge is 2.08. The van der Waals surface area contributed by atoms with E-state index in [0.29, 0.717) is 0 Å². The molecular formula is C15H9BrFNS. The van der Waals surface area contributed by atoms with Crippen molar-refractivity contribution in [2.24, 2.45) is 0 Å². The van der Waals surface area contributed by atoms with E-state index in [-0.39, 0.29) is 5.82 Å². The van der Waals surface area contributed by atoms with Gasteiger partial charge >= 0.3 is 0 Å². The smallest absolute Gasteiger partial charge is 0.125 e. The summed E-state index contributed by atoms with van der Waals surface area (Å²) in [5.41, 5.74) is 2.78. The molecule has 0 bridgehead atoms. The Labute approximate surface area is 122 Å². The third-order valence-corrected chi connectivity index (χ3v) is 4.03. The van der Waals surface area contributed by atoms with Crippen LogP contribution in [0.15, 0.2) is 58.4 Å². The van der Waals surface area contributed by atoms with Gasteiger partial charge in [-0.1, -0.05) is 46.3 Å². The van der Waals surface area contributed by atoms with Crippen LogP contribution < -0.4 is 0 Å². The molecule has 1 heterocycles. The lowest BCUT2D eigenvalue weighted by Crippen LogP contribution is -1.81. The van der Waals surface area contributed by atoms with Crippen molar-refractivity contribution >= 4 is 27.3 Å². The Hall–Kier alpha value is -1.52. The van der Waals surface area contributed by atoms with E-state index < -0.39 is 0 Å². The van der Waals surface area contributed by atoms with E-state index in [4.69, 9.17) is 0 Å². The number of aromatic nitrogens is 1. The fraction of sp³-hybridized carbons (Fsp3) is 0.